The van der Waals surface area contributed by atoms with E-state index in [-0.39, 0.29) is 17.9 Å². The van der Waals surface area contributed by atoms with E-state index in [0.717, 1.165) is 30.3 Å². The maximum Gasteiger partial charge on any atom is 0.407 e. The molecule has 2 atom stereocenters. The molecule has 0 radical (unpaired) electrons. The van der Waals surface area contributed by atoms with E-state index in [4.69, 9.17) is 4.74 Å². The molecular weight excluding hydrogens is 360 g/mol. The van der Waals surface area contributed by atoms with Crippen molar-refractivity contribution in [2.75, 3.05) is 5.43 Å². The zero-order chi connectivity index (χ0) is 20.3. The number of imidazole rings is 1. The van der Waals surface area contributed by atoms with Crippen LogP contribution < -0.4 is 16.2 Å². The first-order valence-corrected chi connectivity index (χ1v) is 9.54. The molecular formula is C19H28N6O3. The molecule has 2 heterocycles. The molecule has 3 rings (SSSR count). The molecule has 152 valence electrons. The topological polar surface area (TPSA) is 110 Å². The first-order chi connectivity index (χ1) is 13.2. The fourth-order valence-electron chi connectivity index (χ4n) is 3.36. The predicted molar refractivity (Wildman–Crippen MR) is 105 cm³/mol. The van der Waals surface area contributed by atoms with Crippen molar-refractivity contribution >= 4 is 28.9 Å². The van der Waals surface area contributed by atoms with Crippen LogP contribution in [-0.2, 0) is 16.6 Å². The third-order valence-corrected chi connectivity index (χ3v) is 4.69. The number of hydrogen-bond acceptors (Lipinski definition) is 6. The van der Waals surface area contributed by atoms with Gasteiger partial charge in [-0.25, -0.2) is 14.8 Å². The van der Waals surface area contributed by atoms with Crippen LogP contribution in [0.5, 0.6) is 0 Å². The highest BCUT2D eigenvalue weighted by Gasteiger charge is 2.29. The Labute approximate surface area is 164 Å². The Morgan fingerprint density at radius 1 is 1.25 bits per heavy atom. The van der Waals surface area contributed by atoms with Crippen LogP contribution in [0.25, 0.3) is 11.0 Å². The van der Waals surface area contributed by atoms with Gasteiger partial charge >= 0.3 is 6.09 Å². The molecule has 9 nitrogen and oxygen atoms in total. The molecule has 0 saturated heterocycles. The third-order valence-electron chi connectivity index (χ3n) is 4.69. The minimum absolute atomic E-state index is 0.0664. The SMILES string of the molecule is Cn1cnc2cnc(NNC(=O)[C@H]3CCC[C@@H](NC(=O)OC(C)(C)C)C3)cc21. The number of aryl methyl sites for hydroxylation is 1. The van der Waals surface area contributed by atoms with Crippen LogP contribution in [0.15, 0.2) is 18.6 Å². The Bertz CT molecular complexity index is 857. The zero-order valence-corrected chi connectivity index (χ0v) is 16.8. The van der Waals surface area contributed by atoms with Gasteiger partial charge in [-0.2, -0.15) is 0 Å². The summed E-state index contributed by atoms with van der Waals surface area (Å²) in [5.41, 5.74) is 6.78. The zero-order valence-electron chi connectivity index (χ0n) is 16.8. The summed E-state index contributed by atoms with van der Waals surface area (Å²) in [5, 5.41) is 2.87. The number of nitrogens with zero attached hydrogens (tertiary/aromatic N) is 3. The number of anilines is 1. The van der Waals surface area contributed by atoms with Crippen molar-refractivity contribution in [2.24, 2.45) is 13.0 Å². The Balaban J connectivity index is 1.52. The summed E-state index contributed by atoms with van der Waals surface area (Å²) in [7, 11) is 1.90. The van der Waals surface area contributed by atoms with Gasteiger partial charge in [0.05, 0.1) is 18.0 Å². The summed E-state index contributed by atoms with van der Waals surface area (Å²) in [4.78, 5) is 33.0. The number of amides is 2. The number of fused-ring (bicyclic) bond motifs is 1. The summed E-state index contributed by atoms with van der Waals surface area (Å²) in [6.07, 6.45) is 6.02. The van der Waals surface area contributed by atoms with Gasteiger partial charge in [-0.05, 0) is 40.0 Å². The third kappa shape index (κ3) is 5.11. The molecule has 9 heteroatoms. The normalized spacial score (nSPS) is 19.9. The number of rotatable bonds is 4. The van der Waals surface area contributed by atoms with Crippen LogP contribution in [0.1, 0.15) is 46.5 Å². The monoisotopic (exact) mass is 388 g/mol. The summed E-state index contributed by atoms with van der Waals surface area (Å²) < 4.78 is 7.19. The maximum atomic E-state index is 12.5. The highest BCUT2D eigenvalue weighted by Crippen LogP contribution is 2.25. The standard InChI is InChI=1S/C19H28N6O3/c1-19(2,3)28-18(27)22-13-7-5-6-12(8-13)17(26)24-23-16-9-15-14(10-20-16)21-11-25(15)4/h9-13H,5-8H2,1-4H3,(H,20,23)(H,22,27)(H,24,26)/t12-,13+/m0/s1. The van der Waals surface area contributed by atoms with E-state index in [2.05, 4.69) is 26.1 Å². The molecule has 2 aromatic heterocycles. The van der Waals surface area contributed by atoms with Crippen LogP contribution in [0, 0.1) is 5.92 Å². The minimum Gasteiger partial charge on any atom is -0.444 e. The van der Waals surface area contributed by atoms with E-state index in [1.54, 1.807) is 12.5 Å². The van der Waals surface area contributed by atoms with Crippen molar-refractivity contribution in [1.82, 2.24) is 25.3 Å². The van der Waals surface area contributed by atoms with Crippen LogP contribution >= 0.6 is 0 Å². The molecule has 1 aliphatic rings. The van der Waals surface area contributed by atoms with E-state index < -0.39 is 11.7 Å². The number of ether oxygens (including phenoxy) is 1. The molecule has 0 spiro atoms. The van der Waals surface area contributed by atoms with Gasteiger partial charge in [0.25, 0.3) is 0 Å². The number of carbonyl (C=O) groups is 2. The maximum absolute atomic E-state index is 12.5. The first kappa shape index (κ1) is 19.9. The van der Waals surface area contributed by atoms with Gasteiger partial charge in [-0.15, -0.1) is 0 Å². The summed E-state index contributed by atoms with van der Waals surface area (Å²) in [5.74, 6) is 0.257. The van der Waals surface area contributed by atoms with Crippen molar-refractivity contribution in [3.8, 4) is 0 Å². The van der Waals surface area contributed by atoms with E-state index in [9.17, 15) is 9.59 Å². The Morgan fingerprint density at radius 3 is 2.79 bits per heavy atom. The second kappa shape index (κ2) is 8.04. The number of hydrazine groups is 1. The molecule has 2 aromatic rings. The van der Waals surface area contributed by atoms with Gasteiger partial charge in [-0.3, -0.25) is 15.6 Å². The highest BCUT2D eigenvalue weighted by atomic mass is 16.6. The molecule has 0 aromatic carbocycles. The molecule has 28 heavy (non-hydrogen) atoms. The van der Waals surface area contributed by atoms with Crippen molar-refractivity contribution in [1.29, 1.82) is 0 Å². The van der Waals surface area contributed by atoms with Gasteiger partial charge < -0.3 is 14.6 Å². The fraction of sp³-hybridized carbons (Fsp3) is 0.579. The van der Waals surface area contributed by atoms with Crippen molar-refractivity contribution in [3.63, 3.8) is 0 Å². The van der Waals surface area contributed by atoms with Crippen LogP contribution in [0.2, 0.25) is 0 Å². The number of alkyl carbamates (subject to hydrolysis) is 1. The van der Waals surface area contributed by atoms with Crippen LogP contribution in [0.3, 0.4) is 0 Å². The molecule has 0 bridgehead atoms. The van der Waals surface area contributed by atoms with E-state index in [1.807, 2.05) is 38.5 Å². The minimum atomic E-state index is -0.540. The number of nitrogens with one attached hydrogen (secondary N) is 3. The lowest BCUT2D eigenvalue weighted by Gasteiger charge is -2.30. The van der Waals surface area contributed by atoms with Gasteiger partial charge in [0.2, 0.25) is 5.91 Å². The quantitative estimate of drug-likeness (QED) is 0.694. The van der Waals surface area contributed by atoms with Crippen molar-refractivity contribution in [2.45, 2.75) is 58.1 Å². The van der Waals surface area contributed by atoms with E-state index in [0.29, 0.717) is 12.2 Å². The summed E-state index contributed by atoms with van der Waals surface area (Å²) >= 11 is 0. The van der Waals surface area contributed by atoms with Crippen LogP contribution in [0.4, 0.5) is 10.6 Å². The van der Waals surface area contributed by atoms with Crippen molar-refractivity contribution in [3.05, 3.63) is 18.6 Å². The molecule has 1 saturated carbocycles. The van der Waals surface area contributed by atoms with Gasteiger partial charge in [0.1, 0.15) is 16.9 Å². The predicted octanol–water partition coefficient (Wildman–Crippen LogP) is 2.49. The number of carbonyl (C=O) groups excluding carboxylic acids is 2. The molecule has 0 aliphatic heterocycles. The molecule has 1 fully saturated rings. The largest absolute Gasteiger partial charge is 0.444 e. The van der Waals surface area contributed by atoms with Gasteiger partial charge in [0.15, 0.2) is 0 Å². The van der Waals surface area contributed by atoms with Gasteiger partial charge in [-0.1, -0.05) is 6.42 Å². The van der Waals surface area contributed by atoms with Crippen LogP contribution in [-0.4, -0.2) is 38.2 Å². The number of aromatic nitrogens is 3. The molecule has 3 N–H and O–H groups in total. The molecule has 2 amide bonds. The fourth-order valence-corrected chi connectivity index (χ4v) is 3.36. The van der Waals surface area contributed by atoms with Crippen molar-refractivity contribution < 1.29 is 14.3 Å². The lowest BCUT2D eigenvalue weighted by atomic mass is 9.85. The molecule has 0 unspecified atom stereocenters. The summed E-state index contributed by atoms with van der Waals surface area (Å²) in [6, 6.07) is 1.76. The van der Waals surface area contributed by atoms with Gasteiger partial charge in [0, 0.05) is 25.1 Å². The number of pyridine rings is 1. The molecule has 1 aliphatic carbocycles. The lowest BCUT2D eigenvalue weighted by Crippen LogP contribution is -2.45. The first-order valence-electron chi connectivity index (χ1n) is 9.54. The lowest BCUT2D eigenvalue weighted by molar-refractivity contribution is -0.125. The van der Waals surface area contributed by atoms with E-state index >= 15 is 0 Å². The summed E-state index contributed by atoms with van der Waals surface area (Å²) in [6.45, 7) is 5.48. The second-order valence-corrected chi connectivity index (χ2v) is 8.23. The number of hydrogen-bond donors (Lipinski definition) is 3. The Morgan fingerprint density at radius 2 is 2.04 bits per heavy atom. The average Bonchev–Trinajstić information content (AvgIpc) is 2.99. The second-order valence-electron chi connectivity index (χ2n) is 8.23. The van der Waals surface area contributed by atoms with E-state index in [1.165, 1.54) is 0 Å². The Hall–Kier alpha value is -2.84. The highest BCUT2D eigenvalue weighted by molar-refractivity contribution is 5.81. The smallest absolute Gasteiger partial charge is 0.407 e. The average molecular weight is 388 g/mol. The Kier molecular flexibility index (Phi) is 5.71.